The molecule has 2 aromatic carbocycles. The molecule has 0 saturated heterocycles. The molecule has 1 N–H and O–H groups in total. The third kappa shape index (κ3) is 3.05. The molecule has 25 heavy (non-hydrogen) atoms. The Morgan fingerprint density at radius 3 is 2.72 bits per heavy atom. The molecular weight excluding hydrogens is 310 g/mol. The number of nitrogens with zero attached hydrogens (tertiary/aromatic N) is 4. The first kappa shape index (κ1) is 15.6. The maximum absolute atomic E-state index is 4.69. The second-order valence-corrected chi connectivity index (χ2v) is 6.54. The van der Waals surface area contributed by atoms with Crippen molar-refractivity contribution in [2.75, 3.05) is 16.8 Å². The Morgan fingerprint density at radius 2 is 1.84 bits per heavy atom. The van der Waals surface area contributed by atoms with E-state index in [-0.39, 0.29) is 0 Å². The zero-order chi connectivity index (χ0) is 17.2. The van der Waals surface area contributed by atoms with Crippen LogP contribution in [0.2, 0.25) is 0 Å². The first-order valence-corrected chi connectivity index (χ1v) is 8.63. The largest absolute Gasteiger partial charge is 0.339 e. The fourth-order valence-corrected chi connectivity index (χ4v) is 3.27. The predicted molar refractivity (Wildman–Crippen MR) is 101 cm³/mol. The van der Waals surface area contributed by atoms with Gasteiger partial charge in [-0.05, 0) is 35.6 Å². The van der Waals surface area contributed by atoms with Gasteiger partial charge in [-0.25, -0.2) is 0 Å². The lowest BCUT2D eigenvalue weighted by molar-refractivity contribution is 0.866. The van der Waals surface area contributed by atoms with Crippen molar-refractivity contribution < 1.29 is 0 Å². The molecule has 0 fully saturated rings. The van der Waals surface area contributed by atoms with Gasteiger partial charge in [0, 0.05) is 17.9 Å². The van der Waals surface area contributed by atoms with Crippen molar-refractivity contribution in [2.45, 2.75) is 26.2 Å². The van der Waals surface area contributed by atoms with E-state index in [1.165, 1.54) is 16.8 Å². The smallest absolute Gasteiger partial charge is 0.251 e. The first-order valence-electron chi connectivity index (χ1n) is 8.63. The fourth-order valence-electron chi connectivity index (χ4n) is 3.27. The first-order chi connectivity index (χ1) is 12.2. The van der Waals surface area contributed by atoms with Crippen LogP contribution in [0.25, 0.3) is 0 Å². The standard InChI is InChI=1S/C20H21N5/c1-14(2)16-8-4-5-9-17(16)22-19-13-21-24-20(23-19)25-12-11-15-7-3-6-10-18(15)25/h3-10,13-14H,11-12H2,1-2H3,(H,22,23,24). The molecule has 0 unspecified atom stereocenters. The third-order valence-electron chi connectivity index (χ3n) is 4.52. The van der Waals surface area contributed by atoms with Crippen LogP contribution in [-0.2, 0) is 6.42 Å². The van der Waals surface area contributed by atoms with Crippen LogP contribution < -0.4 is 10.2 Å². The van der Waals surface area contributed by atoms with Gasteiger partial charge in [-0.2, -0.15) is 10.1 Å². The highest BCUT2D eigenvalue weighted by Crippen LogP contribution is 2.32. The van der Waals surface area contributed by atoms with E-state index < -0.39 is 0 Å². The molecule has 0 bridgehead atoms. The van der Waals surface area contributed by atoms with Gasteiger partial charge in [0.1, 0.15) is 0 Å². The van der Waals surface area contributed by atoms with Gasteiger partial charge < -0.3 is 10.2 Å². The molecule has 126 valence electrons. The number of rotatable bonds is 4. The summed E-state index contributed by atoms with van der Waals surface area (Å²) < 4.78 is 0. The number of hydrogen-bond donors (Lipinski definition) is 1. The zero-order valence-electron chi connectivity index (χ0n) is 14.5. The van der Waals surface area contributed by atoms with Crippen LogP contribution in [0.1, 0.15) is 30.9 Å². The number of fused-ring (bicyclic) bond motifs is 1. The summed E-state index contributed by atoms with van der Waals surface area (Å²) in [6, 6.07) is 16.7. The molecule has 5 nitrogen and oxygen atoms in total. The van der Waals surface area contributed by atoms with Crippen molar-refractivity contribution >= 4 is 23.1 Å². The van der Waals surface area contributed by atoms with E-state index >= 15 is 0 Å². The van der Waals surface area contributed by atoms with E-state index in [0.717, 1.165) is 18.7 Å². The van der Waals surface area contributed by atoms with Crippen LogP contribution >= 0.6 is 0 Å². The molecule has 1 aliphatic rings. The summed E-state index contributed by atoms with van der Waals surface area (Å²) in [5.74, 6) is 1.78. The molecule has 0 spiro atoms. The predicted octanol–water partition coefficient (Wildman–Crippen LogP) is 4.43. The topological polar surface area (TPSA) is 53.9 Å². The average molecular weight is 331 g/mol. The molecule has 1 aliphatic heterocycles. The van der Waals surface area contributed by atoms with Crippen LogP contribution in [0.5, 0.6) is 0 Å². The highest BCUT2D eigenvalue weighted by Gasteiger charge is 2.22. The minimum atomic E-state index is 0.434. The monoisotopic (exact) mass is 331 g/mol. The number of aromatic nitrogens is 3. The summed E-state index contributed by atoms with van der Waals surface area (Å²) >= 11 is 0. The SMILES string of the molecule is CC(C)c1ccccc1Nc1cnnc(N2CCc3ccccc32)n1. The minimum Gasteiger partial charge on any atom is -0.339 e. The van der Waals surface area contributed by atoms with Crippen LogP contribution in [0.15, 0.2) is 54.7 Å². The number of anilines is 4. The van der Waals surface area contributed by atoms with E-state index in [1.54, 1.807) is 6.20 Å². The summed E-state index contributed by atoms with van der Waals surface area (Å²) in [5, 5.41) is 11.8. The molecule has 5 heteroatoms. The highest BCUT2D eigenvalue weighted by atomic mass is 15.3. The normalized spacial score (nSPS) is 13.2. The van der Waals surface area contributed by atoms with Gasteiger partial charge in [0.05, 0.1) is 6.20 Å². The van der Waals surface area contributed by atoms with Crippen molar-refractivity contribution in [3.8, 4) is 0 Å². The van der Waals surface area contributed by atoms with Crippen LogP contribution in [0, 0.1) is 0 Å². The lowest BCUT2D eigenvalue weighted by atomic mass is 10.0. The molecule has 0 atom stereocenters. The van der Waals surface area contributed by atoms with E-state index in [0.29, 0.717) is 17.7 Å². The summed E-state index contributed by atoms with van der Waals surface area (Å²) in [7, 11) is 0. The van der Waals surface area contributed by atoms with E-state index in [1.807, 2.05) is 12.1 Å². The van der Waals surface area contributed by atoms with Gasteiger partial charge in [-0.1, -0.05) is 50.2 Å². The Morgan fingerprint density at radius 1 is 1.04 bits per heavy atom. The molecule has 3 aromatic rings. The molecular formula is C20H21N5. The number of benzene rings is 2. The molecule has 0 radical (unpaired) electrons. The fraction of sp³-hybridized carbons (Fsp3) is 0.250. The van der Waals surface area contributed by atoms with Crippen molar-refractivity contribution in [1.82, 2.24) is 15.2 Å². The third-order valence-corrected chi connectivity index (χ3v) is 4.52. The summed E-state index contributed by atoms with van der Waals surface area (Å²) in [6.45, 7) is 5.25. The Labute approximate surface area is 147 Å². The van der Waals surface area contributed by atoms with Crippen LogP contribution in [-0.4, -0.2) is 21.7 Å². The molecule has 0 amide bonds. The van der Waals surface area contributed by atoms with E-state index in [4.69, 9.17) is 4.98 Å². The molecule has 0 saturated carbocycles. The number of hydrogen-bond acceptors (Lipinski definition) is 5. The second kappa shape index (κ2) is 6.51. The van der Waals surface area contributed by atoms with E-state index in [9.17, 15) is 0 Å². The molecule has 1 aromatic heterocycles. The maximum Gasteiger partial charge on any atom is 0.251 e. The maximum atomic E-state index is 4.69. The average Bonchev–Trinajstić information content (AvgIpc) is 3.06. The van der Waals surface area contributed by atoms with E-state index in [2.05, 4.69) is 70.7 Å². The second-order valence-electron chi connectivity index (χ2n) is 6.54. The molecule has 2 heterocycles. The van der Waals surface area contributed by atoms with Crippen LogP contribution in [0.4, 0.5) is 23.1 Å². The summed E-state index contributed by atoms with van der Waals surface area (Å²) in [5.41, 5.74) is 4.82. The van der Waals surface area contributed by atoms with Gasteiger partial charge in [-0.15, -0.1) is 5.10 Å². The van der Waals surface area contributed by atoms with Gasteiger partial charge >= 0.3 is 0 Å². The van der Waals surface area contributed by atoms with Gasteiger partial charge in [-0.3, -0.25) is 0 Å². The Kier molecular flexibility index (Phi) is 4.06. The van der Waals surface area contributed by atoms with Crippen LogP contribution in [0.3, 0.4) is 0 Å². The van der Waals surface area contributed by atoms with Crippen molar-refractivity contribution in [3.63, 3.8) is 0 Å². The van der Waals surface area contributed by atoms with Gasteiger partial charge in [0.25, 0.3) is 5.95 Å². The zero-order valence-corrected chi connectivity index (χ0v) is 14.5. The summed E-state index contributed by atoms with van der Waals surface area (Å²) in [4.78, 5) is 6.82. The number of nitrogens with one attached hydrogen (secondary N) is 1. The summed E-state index contributed by atoms with van der Waals surface area (Å²) in [6.07, 6.45) is 2.68. The van der Waals surface area contributed by atoms with Gasteiger partial charge in [0.15, 0.2) is 5.82 Å². The number of para-hydroxylation sites is 2. The molecule has 0 aliphatic carbocycles. The van der Waals surface area contributed by atoms with Crippen molar-refractivity contribution in [3.05, 3.63) is 65.9 Å². The van der Waals surface area contributed by atoms with Gasteiger partial charge in [0.2, 0.25) is 0 Å². The lowest BCUT2D eigenvalue weighted by Gasteiger charge is -2.18. The van der Waals surface area contributed by atoms with Crippen molar-refractivity contribution in [2.24, 2.45) is 0 Å². The molecule has 4 rings (SSSR count). The lowest BCUT2D eigenvalue weighted by Crippen LogP contribution is -2.17. The Balaban J connectivity index is 1.63. The highest BCUT2D eigenvalue weighted by molar-refractivity contribution is 5.67. The Bertz CT molecular complexity index is 891. The minimum absolute atomic E-state index is 0.434. The quantitative estimate of drug-likeness (QED) is 0.766. The Hall–Kier alpha value is -2.95. The van der Waals surface area contributed by atoms with Crippen molar-refractivity contribution in [1.29, 1.82) is 0 Å².